The number of ether oxygens (including phenoxy) is 1. The van der Waals surface area contributed by atoms with Gasteiger partial charge in [0.05, 0.1) is 6.61 Å². The van der Waals surface area contributed by atoms with Gasteiger partial charge in [-0.3, -0.25) is 4.79 Å². The van der Waals surface area contributed by atoms with Gasteiger partial charge in [-0.25, -0.2) is 0 Å². The highest BCUT2D eigenvalue weighted by molar-refractivity contribution is 5.81. The number of carbonyl (C=O) groups is 1. The highest BCUT2D eigenvalue weighted by Crippen LogP contribution is 2.24. The Balaban J connectivity index is 2.34. The minimum absolute atomic E-state index is 0.180. The van der Waals surface area contributed by atoms with Gasteiger partial charge in [0, 0.05) is 19.2 Å². The van der Waals surface area contributed by atoms with Crippen molar-refractivity contribution in [3.8, 4) is 0 Å². The molecule has 1 rings (SSSR count). The number of methoxy groups -OCH3 is 1. The summed E-state index contributed by atoms with van der Waals surface area (Å²) in [6.45, 7) is 0.757. The standard InChI is InChI=1S/C12H25N3O2/c1-17-8-10(13)11(16)15-9-12(14)6-4-2-3-5-7-12/h10H,2-9,13-14H2,1H3,(H,15,16). The van der Waals surface area contributed by atoms with Crippen LogP contribution in [-0.2, 0) is 9.53 Å². The van der Waals surface area contributed by atoms with E-state index in [1.165, 1.54) is 20.0 Å². The van der Waals surface area contributed by atoms with Crippen LogP contribution in [0.1, 0.15) is 38.5 Å². The van der Waals surface area contributed by atoms with E-state index in [0.717, 1.165) is 25.7 Å². The molecule has 1 fully saturated rings. The van der Waals surface area contributed by atoms with Gasteiger partial charge in [0.25, 0.3) is 0 Å². The van der Waals surface area contributed by atoms with E-state index in [0.29, 0.717) is 6.54 Å². The molecular weight excluding hydrogens is 218 g/mol. The van der Waals surface area contributed by atoms with Gasteiger partial charge < -0.3 is 21.5 Å². The monoisotopic (exact) mass is 243 g/mol. The van der Waals surface area contributed by atoms with Crippen molar-refractivity contribution >= 4 is 5.91 Å². The third-order valence-corrected chi connectivity index (χ3v) is 3.40. The molecule has 1 atom stereocenters. The van der Waals surface area contributed by atoms with Gasteiger partial charge in [-0.1, -0.05) is 25.7 Å². The third kappa shape index (κ3) is 5.02. The molecule has 0 saturated heterocycles. The average Bonchev–Trinajstić information content (AvgIpc) is 2.52. The molecule has 100 valence electrons. The molecule has 1 amide bonds. The second-order valence-electron chi connectivity index (χ2n) is 5.06. The van der Waals surface area contributed by atoms with Crippen molar-refractivity contribution < 1.29 is 9.53 Å². The number of nitrogens with one attached hydrogen (secondary N) is 1. The van der Waals surface area contributed by atoms with E-state index in [4.69, 9.17) is 16.2 Å². The highest BCUT2D eigenvalue weighted by Gasteiger charge is 2.27. The number of amides is 1. The first-order valence-corrected chi connectivity index (χ1v) is 6.38. The van der Waals surface area contributed by atoms with Crippen molar-refractivity contribution in [3.05, 3.63) is 0 Å². The molecule has 5 nitrogen and oxygen atoms in total. The lowest BCUT2D eigenvalue weighted by Crippen LogP contribution is -2.53. The maximum absolute atomic E-state index is 11.6. The Kier molecular flexibility index (Phi) is 5.88. The molecule has 0 aliphatic heterocycles. The fraction of sp³-hybridized carbons (Fsp3) is 0.917. The smallest absolute Gasteiger partial charge is 0.239 e. The average molecular weight is 243 g/mol. The van der Waals surface area contributed by atoms with Crippen LogP contribution in [-0.4, -0.2) is 37.7 Å². The summed E-state index contributed by atoms with van der Waals surface area (Å²) in [4.78, 5) is 11.6. The predicted molar refractivity (Wildman–Crippen MR) is 67.5 cm³/mol. The molecule has 5 heteroatoms. The SMILES string of the molecule is COCC(N)C(=O)NCC1(N)CCCCCC1. The lowest BCUT2D eigenvalue weighted by atomic mass is 9.91. The zero-order chi connectivity index (χ0) is 12.7. The van der Waals surface area contributed by atoms with Crippen molar-refractivity contribution in [1.82, 2.24) is 5.32 Å². The van der Waals surface area contributed by atoms with Crippen molar-refractivity contribution in [3.63, 3.8) is 0 Å². The molecular formula is C12H25N3O2. The van der Waals surface area contributed by atoms with E-state index in [2.05, 4.69) is 5.32 Å². The maximum Gasteiger partial charge on any atom is 0.239 e. The molecule has 1 unspecified atom stereocenters. The van der Waals surface area contributed by atoms with Crippen LogP contribution in [0.2, 0.25) is 0 Å². The molecule has 1 aliphatic carbocycles. The van der Waals surface area contributed by atoms with E-state index >= 15 is 0 Å². The largest absolute Gasteiger partial charge is 0.383 e. The lowest BCUT2D eigenvalue weighted by Gasteiger charge is -2.28. The summed E-state index contributed by atoms with van der Waals surface area (Å²) in [7, 11) is 1.53. The Morgan fingerprint density at radius 2 is 1.94 bits per heavy atom. The molecule has 0 spiro atoms. The van der Waals surface area contributed by atoms with Crippen molar-refractivity contribution in [2.45, 2.75) is 50.1 Å². The second kappa shape index (κ2) is 6.93. The van der Waals surface area contributed by atoms with Crippen molar-refractivity contribution in [1.29, 1.82) is 0 Å². The van der Waals surface area contributed by atoms with Crippen LogP contribution < -0.4 is 16.8 Å². The number of hydrogen-bond donors (Lipinski definition) is 3. The fourth-order valence-electron chi connectivity index (χ4n) is 2.26. The second-order valence-corrected chi connectivity index (χ2v) is 5.06. The molecule has 5 N–H and O–H groups in total. The first-order valence-electron chi connectivity index (χ1n) is 6.38. The minimum Gasteiger partial charge on any atom is -0.383 e. The van der Waals surface area contributed by atoms with Crippen LogP contribution in [0.25, 0.3) is 0 Å². The summed E-state index contributed by atoms with van der Waals surface area (Å²) < 4.78 is 4.84. The van der Waals surface area contributed by atoms with Crippen molar-refractivity contribution in [2.24, 2.45) is 11.5 Å². The minimum atomic E-state index is -0.602. The summed E-state index contributed by atoms with van der Waals surface area (Å²) in [5.74, 6) is -0.180. The Morgan fingerprint density at radius 1 is 1.35 bits per heavy atom. The molecule has 0 aromatic rings. The van der Waals surface area contributed by atoms with E-state index in [1.807, 2.05) is 0 Å². The summed E-state index contributed by atoms with van der Waals surface area (Å²) >= 11 is 0. The predicted octanol–water partition coefficient (Wildman–Crippen LogP) is 0.128. The molecule has 0 aromatic carbocycles. The van der Waals surface area contributed by atoms with Crippen LogP contribution in [0.15, 0.2) is 0 Å². The first kappa shape index (κ1) is 14.4. The van der Waals surface area contributed by atoms with Gasteiger partial charge >= 0.3 is 0 Å². The molecule has 1 saturated carbocycles. The third-order valence-electron chi connectivity index (χ3n) is 3.40. The Morgan fingerprint density at radius 3 is 2.47 bits per heavy atom. The van der Waals surface area contributed by atoms with Crippen LogP contribution in [0, 0.1) is 0 Å². The van der Waals surface area contributed by atoms with E-state index in [9.17, 15) is 4.79 Å². The molecule has 0 heterocycles. The Bertz CT molecular complexity index is 238. The maximum atomic E-state index is 11.6. The van der Waals surface area contributed by atoms with Crippen LogP contribution in [0.4, 0.5) is 0 Å². The molecule has 1 aliphatic rings. The zero-order valence-corrected chi connectivity index (χ0v) is 10.7. The fourth-order valence-corrected chi connectivity index (χ4v) is 2.26. The van der Waals surface area contributed by atoms with Gasteiger partial charge in [0.2, 0.25) is 5.91 Å². The lowest BCUT2D eigenvalue weighted by molar-refractivity contribution is -0.123. The van der Waals surface area contributed by atoms with Gasteiger partial charge in [-0.05, 0) is 12.8 Å². The van der Waals surface area contributed by atoms with Crippen LogP contribution >= 0.6 is 0 Å². The summed E-state index contributed by atoms with van der Waals surface area (Å²) in [6.07, 6.45) is 6.75. The summed E-state index contributed by atoms with van der Waals surface area (Å²) in [6, 6.07) is -0.602. The number of carbonyl (C=O) groups excluding carboxylic acids is 1. The van der Waals surface area contributed by atoms with Crippen LogP contribution in [0.3, 0.4) is 0 Å². The Hall–Kier alpha value is -0.650. The van der Waals surface area contributed by atoms with Gasteiger partial charge in [0.1, 0.15) is 6.04 Å². The van der Waals surface area contributed by atoms with Crippen LogP contribution in [0.5, 0.6) is 0 Å². The normalized spacial score (nSPS) is 21.6. The van der Waals surface area contributed by atoms with E-state index in [1.54, 1.807) is 0 Å². The van der Waals surface area contributed by atoms with Crippen molar-refractivity contribution in [2.75, 3.05) is 20.3 Å². The topological polar surface area (TPSA) is 90.4 Å². The Labute approximate surface area is 103 Å². The van der Waals surface area contributed by atoms with Gasteiger partial charge in [-0.2, -0.15) is 0 Å². The summed E-state index contributed by atoms with van der Waals surface area (Å²) in [5, 5.41) is 2.84. The molecule has 0 bridgehead atoms. The highest BCUT2D eigenvalue weighted by atomic mass is 16.5. The number of nitrogens with two attached hydrogens (primary N) is 2. The molecule has 0 radical (unpaired) electrons. The van der Waals surface area contributed by atoms with Gasteiger partial charge in [-0.15, -0.1) is 0 Å². The zero-order valence-electron chi connectivity index (χ0n) is 10.7. The van der Waals surface area contributed by atoms with E-state index < -0.39 is 6.04 Å². The summed E-state index contributed by atoms with van der Waals surface area (Å²) in [5.41, 5.74) is 11.7. The number of rotatable bonds is 5. The molecule has 17 heavy (non-hydrogen) atoms. The number of hydrogen-bond acceptors (Lipinski definition) is 4. The first-order chi connectivity index (χ1) is 8.07. The quantitative estimate of drug-likeness (QED) is 0.599. The van der Waals surface area contributed by atoms with Gasteiger partial charge in [0.15, 0.2) is 0 Å². The van der Waals surface area contributed by atoms with E-state index in [-0.39, 0.29) is 18.1 Å². The molecule has 0 aromatic heterocycles.